The van der Waals surface area contributed by atoms with Gasteiger partial charge in [-0.05, 0) is 31.0 Å². The summed E-state index contributed by atoms with van der Waals surface area (Å²) in [7, 11) is 1.84. The highest BCUT2D eigenvalue weighted by Gasteiger charge is 2.19. The molecule has 2 amide bonds. The normalized spacial score (nSPS) is 16.6. The average molecular weight is 359 g/mol. The van der Waals surface area contributed by atoms with Crippen molar-refractivity contribution in [2.75, 3.05) is 46.4 Å². The van der Waals surface area contributed by atoms with Gasteiger partial charge < -0.3 is 19.9 Å². The summed E-state index contributed by atoms with van der Waals surface area (Å²) in [6.45, 7) is 9.10. The number of imidazole rings is 1. The smallest absolute Gasteiger partial charge is 0.317 e. The molecule has 1 fully saturated rings. The van der Waals surface area contributed by atoms with Crippen LogP contribution in [0, 0.1) is 6.92 Å². The zero-order valence-electron chi connectivity index (χ0n) is 15.9. The number of H-pyrrole nitrogens is 1. The Labute approximate surface area is 154 Å². The second-order valence-electron chi connectivity index (χ2n) is 6.93. The lowest BCUT2D eigenvalue weighted by Gasteiger charge is -2.29. The largest absolute Gasteiger partial charge is 0.379 e. The summed E-state index contributed by atoms with van der Waals surface area (Å²) in [6, 6.07) is 5.94. The molecule has 2 N–H and O–H groups in total. The minimum atomic E-state index is -0.124. The fourth-order valence-corrected chi connectivity index (χ4v) is 3.15. The first-order valence-corrected chi connectivity index (χ1v) is 9.35. The summed E-state index contributed by atoms with van der Waals surface area (Å²) in [5, 5.41) is 3.10. The third-order valence-corrected chi connectivity index (χ3v) is 4.89. The molecule has 0 spiro atoms. The molecule has 0 radical (unpaired) electrons. The quantitative estimate of drug-likeness (QED) is 0.830. The topological polar surface area (TPSA) is 73.5 Å². The molecular formula is C19H29N5O2. The van der Waals surface area contributed by atoms with Crippen molar-refractivity contribution in [2.45, 2.75) is 26.3 Å². The number of nitrogens with one attached hydrogen (secondary N) is 2. The predicted molar refractivity (Wildman–Crippen MR) is 102 cm³/mol. The van der Waals surface area contributed by atoms with E-state index in [4.69, 9.17) is 4.74 Å². The van der Waals surface area contributed by atoms with Gasteiger partial charge in [0.1, 0.15) is 5.82 Å². The van der Waals surface area contributed by atoms with Gasteiger partial charge in [0.2, 0.25) is 0 Å². The zero-order valence-corrected chi connectivity index (χ0v) is 15.9. The summed E-state index contributed by atoms with van der Waals surface area (Å²) in [4.78, 5) is 24.6. The fraction of sp³-hybridized carbons (Fsp3) is 0.579. The molecule has 1 aliphatic heterocycles. The van der Waals surface area contributed by atoms with E-state index in [0.717, 1.165) is 56.1 Å². The van der Waals surface area contributed by atoms with Crippen LogP contribution in [0.2, 0.25) is 0 Å². The Kier molecular flexibility index (Phi) is 6.11. The Bertz CT molecular complexity index is 739. The molecule has 1 aromatic heterocycles. The van der Waals surface area contributed by atoms with E-state index >= 15 is 0 Å². The van der Waals surface area contributed by atoms with Crippen LogP contribution in [0.3, 0.4) is 0 Å². The number of likely N-dealkylation sites (N-methyl/N-ethyl adjacent to an activating group) is 1. The van der Waals surface area contributed by atoms with Crippen molar-refractivity contribution in [2.24, 2.45) is 0 Å². The van der Waals surface area contributed by atoms with Crippen LogP contribution in [0.15, 0.2) is 18.2 Å². The molecule has 2 heterocycles. The molecule has 1 aromatic carbocycles. The number of fused-ring (bicyclic) bond motifs is 1. The maximum atomic E-state index is 12.6. The molecule has 142 valence electrons. The Balaban J connectivity index is 1.57. The minimum Gasteiger partial charge on any atom is -0.379 e. The standard InChI is InChI=1S/C19H29N5O2/c1-4-15(18-20-16-6-5-14(2)13-17(16)21-18)22-19(25)23(3)7-8-24-9-11-26-12-10-24/h5-6,13,15H,4,7-12H2,1-3H3,(H,20,21)(H,22,25)/t15-/m0/s1. The molecule has 1 atom stereocenters. The number of amides is 2. The van der Waals surface area contributed by atoms with Gasteiger partial charge in [0.05, 0.1) is 30.3 Å². The first-order chi connectivity index (χ1) is 12.6. The number of hydrogen-bond donors (Lipinski definition) is 2. The van der Waals surface area contributed by atoms with E-state index in [9.17, 15) is 4.79 Å². The average Bonchev–Trinajstić information content (AvgIpc) is 3.07. The molecule has 26 heavy (non-hydrogen) atoms. The SMILES string of the molecule is CC[C@H](NC(=O)N(C)CCN1CCOCC1)c1nc2ccc(C)cc2[nH]1. The Morgan fingerprint density at radius 2 is 2.19 bits per heavy atom. The second-order valence-corrected chi connectivity index (χ2v) is 6.93. The van der Waals surface area contributed by atoms with Crippen molar-refractivity contribution in [3.63, 3.8) is 0 Å². The molecule has 0 saturated carbocycles. The first-order valence-electron chi connectivity index (χ1n) is 9.35. The maximum absolute atomic E-state index is 12.6. The number of ether oxygens (including phenoxy) is 1. The van der Waals surface area contributed by atoms with Crippen molar-refractivity contribution in [1.82, 2.24) is 25.1 Å². The van der Waals surface area contributed by atoms with Gasteiger partial charge in [-0.3, -0.25) is 4.90 Å². The van der Waals surface area contributed by atoms with Crippen molar-refractivity contribution in [3.05, 3.63) is 29.6 Å². The number of aryl methyl sites for hydroxylation is 1. The highest BCUT2D eigenvalue weighted by atomic mass is 16.5. The van der Waals surface area contributed by atoms with Crippen LogP contribution in [0.4, 0.5) is 4.79 Å². The molecule has 7 nitrogen and oxygen atoms in total. The first kappa shape index (κ1) is 18.7. The van der Waals surface area contributed by atoms with E-state index in [-0.39, 0.29) is 12.1 Å². The molecule has 2 aromatic rings. The number of rotatable bonds is 6. The van der Waals surface area contributed by atoms with Crippen LogP contribution in [0.1, 0.15) is 30.8 Å². The predicted octanol–water partition coefficient (Wildman–Crippen LogP) is 2.30. The van der Waals surface area contributed by atoms with Gasteiger partial charge >= 0.3 is 6.03 Å². The highest BCUT2D eigenvalue weighted by Crippen LogP contribution is 2.19. The van der Waals surface area contributed by atoms with E-state index in [2.05, 4.69) is 40.1 Å². The van der Waals surface area contributed by atoms with Crippen LogP contribution in [0.5, 0.6) is 0 Å². The molecule has 0 unspecified atom stereocenters. The van der Waals surface area contributed by atoms with E-state index in [1.165, 1.54) is 5.56 Å². The number of hydrogen-bond acceptors (Lipinski definition) is 4. The molecule has 1 saturated heterocycles. The second kappa shape index (κ2) is 8.51. The zero-order chi connectivity index (χ0) is 18.5. The number of nitrogens with zero attached hydrogens (tertiary/aromatic N) is 3. The third-order valence-electron chi connectivity index (χ3n) is 4.89. The lowest BCUT2D eigenvalue weighted by Crippen LogP contribution is -2.45. The van der Waals surface area contributed by atoms with Gasteiger partial charge in [0, 0.05) is 33.2 Å². The Hall–Kier alpha value is -2.12. The van der Waals surface area contributed by atoms with E-state index < -0.39 is 0 Å². The molecule has 3 rings (SSSR count). The molecule has 1 aliphatic rings. The van der Waals surface area contributed by atoms with Gasteiger partial charge in [0.15, 0.2) is 0 Å². The Morgan fingerprint density at radius 3 is 2.92 bits per heavy atom. The molecule has 0 bridgehead atoms. The number of morpholine rings is 1. The summed E-state index contributed by atoms with van der Waals surface area (Å²) in [5.74, 6) is 0.808. The molecule has 0 aliphatic carbocycles. The number of urea groups is 1. The minimum absolute atomic E-state index is 0.0678. The van der Waals surface area contributed by atoms with Gasteiger partial charge in [-0.1, -0.05) is 13.0 Å². The van der Waals surface area contributed by atoms with Crippen LogP contribution in [-0.2, 0) is 4.74 Å². The van der Waals surface area contributed by atoms with Gasteiger partial charge in [-0.2, -0.15) is 0 Å². The highest BCUT2D eigenvalue weighted by molar-refractivity contribution is 5.77. The monoisotopic (exact) mass is 359 g/mol. The van der Waals surface area contributed by atoms with Crippen LogP contribution < -0.4 is 5.32 Å². The summed E-state index contributed by atoms with van der Waals surface area (Å²) < 4.78 is 5.36. The third kappa shape index (κ3) is 4.53. The van der Waals surface area contributed by atoms with E-state index in [1.54, 1.807) is 4.90 Å². The van der Waals surface area contributed by atoms with Crippen LogP contribution >= 0.6 is 0 Å². The molecule has 7 heteroatoms. The van der Waals surface area contributed by atoms with Crippen molar-refractivity contribution in [1.29, 1.82) is 0 Å². The fourth-order valence-electron chi connectivity index (χ4n) is 3.15. The Morgan fingerprint density at radius 1 is 1.42 bits per heavy atom. The van der Waals surface area contributed by atoms with Crippen LogP contribution in [0.25, 0.3) is 11.0 Å². The van der Waals surface area contributed by atoms with Gasteiger partial charge in [-0.25, -0.2) is 9.78 Å². The van der Waals surface area contributed by atoms with Crippen molar-refractivity contribution in [3.8, 4) is 0 Å². The lowest BCUT2D eigenvalue weighted by atomic mass is 10.2. The van der Waals surface area contributed by atoms with E-state index in [0.29, 0.717) is 6.54 Å². The number of carbonyl (C=O) groups excluding carboxylic acids is 1. The number of carbonyl (C=O) groups is 1. The van der Waals surface area contributed by atoms with Crippen LogP contribution in [-0.4, -0.2) is 72.2 Å². The summed E-state index contributed by atoms with van der Waals surface area (Å²) in [6.07, 6.45) is 0.780. The summed E-state index contributed by atoms with van der Waals surface area (Å²) >= 11 is 0. The van der Waals surface area contributed by atoms with Gasteiger partial charge in [-0.15, -0.1) is 0 Å². The molecular weight excluding hydrogens is 330 g/mol. The van der Waals surface area contributed by atoms with Crippen molar-refractivity contribution < 1.29 is 9.53 Å². The lowest BCUT2D eigenvalue weighted by molar-refractivity contribution is 0.0356. The number of benzene rings is 1. The number of aromatic amines is 1. The number of aromatic nitrogens is 2. The van der Waals surface area contributed by atoms with Crippen molar-refractivity contribution >= 4 is 17.1 Å². The van der Waals surface area contributed by atoms with Gasteiger partial charge in [0.25, 0.3) is 0 Å². The summed E-state index contributed by atoms with van der Waals surface area (Å²) in [5.41, 5.74) is 3.12. The van der Waals surface area contributed by atoms with E-state index in [1.807, 2.05) is 19.2 Å². The maximum Gasteiger partial charge on any atom is 0.317 e.